The molecule has 5 N–H and O–H groups in total. The Morgan fingerprint density at radius 2 is 1.78 bits per heavy atom. The molecule has 0 bridgehead atoms. The summed E-state index contributed by atoms with van der Waals surface area (Å²) in [6.07, 6.45) is -4.74. The van der Waals surface area contributed by atoms with Crippen molar-refractivity contribution in [3.63, 3.8) is 0 Å². The first-order valence-corrected chi connectivity index (χ1v) is 14.8. The second-order valence-electron chi connectivity index (χ2n) is 11.8. The summed E-state index contributed by atoms with van der Waals surface area (Å²) in [4.78, 5) is 40.3. The molecule has 3 aliphatic rings. The highest BCUT2D eigenvalue weighted by Gasteiger charge is 2.49. The summed E-state index contributed by atoms with van der Waals surface area (Å²) in [5, 5.41) is 48.9. The van der Waals surface area contributed by atoms with E-state index in [0.29, 0.717) is 11.4 Å². The van der Waals surface area contributed by atoms with E-state index in [2.05, 4.69) is 11.4 Å². The van der Waals surface area contributed by atoms with Gasteiger partial charge in [0.2, 0.25) is 5.78 Å². The van der Waals surface area contributed by atoms with Crippen LogP contribution in [0.1, 0.15) is 75.8 Å². The van der Waals surface area contributed by atoms with Gasteiger partial charge in [-0.1, -0.05) is 24.3 Å². The van der Waals surface area contributed by atoms with Crippen LogP contribution in [0, 0.1) is 6.07 Å². The number of anilines is 1. The summed E-state index contributed by atoms with van der Waals surface area (Å²) in [6.45, 7) is 2.84. The lowest BCUT2D eigenvalue weighted by Crippen LogP contribution is -2.52. The number of hydrogen-bond acceptors (Lipinski definition) is 12. The van der Waals surface area contributed by atoms with E-state index in [1.165, 1.54) is 39.3 Å². The highest BCUT2D eigenvalue weighted by atomic mass is 16.7. The van der Waals surface area contributed by atoms with Gasteiger partial charge in [0.15, 0.2) is 17.9 Å². The standard InChI is InChI=1S/C34H34NO11/c1-15-29(37)20(35-19-9-5-6-10-21(19)43-3)12-24(45-15)46-23-14-34(42,16(2)36)13-18-26(23)33(41)28-27(31(18)39)30(38)17-8-7-11-22(44-4)25(17)32(28)40/h5-9,11,15,20,23-24,29,35,37,39,41-42H,12-14H2,1-4H3/t15?,20?,23-,24?,29?,34-/m0/s1. The van der Waals surface area contributed by atoms with Crippen LogP contribution in [-0.2, 0) is 20.7 Å². The van der Waals surface area contributed by atoms with Crippen LogP contribution in [0.5, 0.6) is 23.0 Å². The van der Waals surface area contributed by atoms with Gasteiger partial charge in [0.25, 0.3) is 0 Å². The smallest absolute Gasteiger partial charge is 0.202 e. The fourth-order valence-corrected chi connectivity index (χ4v) is 6.67. The van der Waals surface area contributed by atoms with Gasteiger partial charge in [-0.2, -0.15) is 0 Å². The summed E-state index contributed by atoms with van der Waals surface area (Å²) in [5.74, 6) is -2.80. The van der Waals surface area contributed by atoms with E-state index in [1.807, 2.05) is 0 Å². The summed E-state index contributed by atoms with van der Waals surface area (Å²) in [5.41, 5.74) is -2.56. The van der Waals surface area contributed by atoms with E-state index in [-0.39, 0.29) is 40.8 Å². The van der Waals surface area contributed by atoms with Gasteiger partial charge < -0.3 is 44.7 Å². The van der Waals surface area contributed by atoms with Gasteiger partial charge in [-0.25, -0.2) is 0 Å². The lowest BCUT2D eigenvalue weighted by Gasteiger charge is -2.43. The molecule has 241 valence electrons. The van der Waals surface area contributed by atoms with Crippen molar-refractivity contribution in [2.45, 2.75) is 69.4 Å². The fraction of sp³-hybridized carbons (Fsp3) is 0.382. The molecule has 12 heteroatoms. The zero-order chi connectivity index (χ0) is 33.1. The number of rotatable bonds is 7. The average Bonchev–Trinajstić information content (AvgIpc) is 3.03. The SMILES string of the molecule is COc1[c]cccc1NC1CC(O[C@H]2C[C@](O)(C(C)=O)Cc3c(O)c4c(c(O)c32)C(=O)c2c(OC)cccc2C4=O)OC(C)C1O. The Labute approximate surface area is 264 Å². The van der Waals surface area contributed by atoms with Gasteiger partial charge in [-0.05, 0) is 26.0 Å². The van der Waals surface area contributed by atoms with Crippen LogP contribution >= 0.6 is 0 Å². The molecule has 1 heterocycles. The van der Waals surface area contributed by atoms with E-state index < -0.39 is 82.6 Å². The molecule has 6 rings (SSSR count). The number of fused-ring (bicyclic) bond motifs is 3. The van der Waals surface area contributed by atoms with Gasteiger partial charge in [-0.3, -0.25) is 14.4 Å². The lowest BCUT2D eigenvalue weighted by molar-refractivity contribution is -0.245. The minimum atomic E-state index is -2.04. The summed E-state index contributed by atoms with van der Waals surface area (Å²) < 4.78 is 23.0. The van der Waals surface area contributed by atoms with Crippen molar-refractivity contribution in [2.24, 2.45) is 0 Å². The fourth-order valence-electron chi connectivity index (χ4n) is 6.67. The van der Waals surface area contributed by atoms with E-state index in [0.717, 1.165) is 0 Å². The molecule has 0 saturated carbocycles. The van der Waals surface area contributed by atoms with Crippen LogP contribution in [-0.4, -0.2) is 82.1 Å². The number of hydrogen-bond donors (Lipinski definition) is 5. The van der Waals surface area contributed by atoms with E-state index in [1.54, 1.807) is 25.1 Å². The monoisotopic (exact) mass is 632 g/mol. The number of aromatic hydroxyl groups is 2. The molecule has 3 aromatic rings. The highest BCUT2D eigenvalue weighted by molar-refractivity contribution is 6.31. The van der Waals surface area contributed by atoms with E-state index in [4.69, 9.17) is 18.9 Å². The Balaban J connectivity index is 1.42. The first kappa shape index (κ1) is 31.5. The maximum Gasteiger partial charge on any atom is 0.202 e. The molecular formula is C34H34NO11. The Morgan fingerprint density at radius 1 is 1.04 bits per heavy atom. The molecule has 4 unspecified atom stereocenters. The maximum absolute atomic E-state index is 13.9. The predicted molar refractivity (Wildman–Crippen MR) is 162 cm³/mol. The van der Waals surface area contributed by atoms with Crippen molar-refractivity contribution < 1.29 is 53.8 Å². The van der Waals surface area contributed by atoms with E-state index in [9.17, 15) is 34.8 Å². The van der Waals surface area contributed by atoms with Crippen molar-refractivity contribution in [1.29, 1.82) is 0 Å². The Hall–Kier alpha value is -4.49. The maximum atomic E-state index is 13.9. The topological polar surface area (TPSA) is 181 Å². The molecular weight excluding hydrogens is 598 g/mol. The molecule has 1 aliphatic heterocycles. The molecule has 2 aliphatic carbocycles. The van der Waals surface area contributed by atoms with Crippen molar-refractivity contribution in [1.82, 2.24) is 0 Å². The minimum Gasteiger partial charge on any atom is -0.507 e. The lowest BCUT2D eigenvalue weighted by atomic mass is 9.72. The molecule has 1 saturated heterocycles. The van der Waals surface area contributed by atoms with Crippen molar-refractivity contribution in [2.75, 3.05) is 19.5 Å². The molecule has 46 heavy (non-hydrogen) atoms. The van der Waals surface area contributed by atoms with Gasteiger partial charge in [-0.15, -0.1) is 0 Å². The summed E-state index contributed by atoms with van der Waals surface area (Å²) in [6, 6.07) is 12.0. The Bertz CT molecular complexity index is 1750. The number of phenolic OH excluding ortho intramolecular Hbond substituents is 2. The quantitative estimate of drug-likeness (QED) is 0.188. The zero-order valence-electron chi connectivity index (χ0n) is 25.6. The number of aliphatic hydroxyl groups is 2. The number of carbonyl (C=O) groups excluding carboxylic acids is 3. The molecule has 1 fully saturated rings. The van der Waals surface area contributed by atoms with Gasteiger partial charge in [0.05, 0.1) is 54.8 Å². The summed E-state index contributed by atoms with van der Waals surface area (Å²) in [7, 11) is 2.84. The normalized spacial score (nSPS) is 26.9. The number of nitrogens with one attached hydrogen (secondary N) is 1. The van der Waals surface area contributed by atoms with Crippen molar-refractivity contribution in [3.8, 4) is 23.0 Å². The van der Waals surface area contributed by atoms with Gasteiger partial charge in [0.1, 0.15) is 34.7 Å². The molecule has 0 spiro atoms. The van der Waals surface area contributed by atoms with Crippen LogP contribution in [0.4, 0.5) is 5.69 Å². The molecule has 6 atom stereocenters. The third-order valence-electron chi connectivity index (χ3n) is 9.12. The van der Waals surface area contributed by atoms with Gasteiger partial charge >= 0.3 is 0 Å². The Morgan fingerprint density at radius 3 is 2.48 bits per heavy atom. The first-order chi connectivity index (χ1) is 21.9. The Kier molecular flexibility index (Phi) is 8.01. The highest BCUT2D eigenvalue weighted by Crippen LogP contribution is 2.52. The molecule has 0 amide bonds. The molecule has 1 radical (unpaired) electrons. The van der Waals surface area contributed by atoms with E-state index >= 15 is 0 Å². The van der Waals surface area contributed by atoms with Crippen molar-refractivity contribution in [3.05, 3.63) is 75.8 Å². The third kappa shape index (κ3) is 4.98. The predicted octanol–water partition coefficient (Wildman–Crippen LogP) is 2.99. The number of benzene rings is 3. The number of ketones is 3. The van der Waals surface area contributed by atoms with Crippen LogP contribution in [0.15, 0.2) is 36.4 Å². The van der Waals surface area contributed by atoms with Crippen LogP contribution in [0.2, 0.25) is 0 Å². The summed E-state index contributed by atoms with van der Waals surface area (Å²) >= 11 is 0. The molecule has 12 nitrogen and oxygen atoms in total. The number of Topliss-reactive ketones (excluding diaryl/α,β-unsaturated/α-hetero) is 1. The van der Waals surface area contributed by atoms with Crippen molar-refractivity contribution >= 4 is 23.0 Å². The van der Waals surface area contributed by atoms with Crippen LogP contribution in [0.3, 0.4) is 0 Å². The number of carbonyl (C=O) groups is 3. The number of aliphatic hydroxyl groups excluding tert-OH is 1. The number of ether oxygens (including phenoxy) is 4. The average molecular weight is 633 g/mol. The number of para-hydroxylation sites is 1. The first-order valence-electron chi connectivity index (χ1n) is 14.8. The largest absolute Gasteiger partial charge is 0.507 e. The zero-order valence-corrected chi connectivity index (χ0v) is 25.6. The van der Waals surface area contributed by atoms with Crippen LogP contribution < -0.4 is 14.8 Å². The molecule has 3 aromatic carbocycles. The van der Waals surface area contributed by atoms with Gasteiger partial charge in [0, 0.05) is 42.0 Å². The molecule has 0 aromatic heterocycles. The number of methoxy groups -OCH3 is 2. The second kappa shape index (κ2) is 11.7. The minimum absolute atomic E-state index is 0.0220. The third-order valence-corrected chi connectivity index (χ3v) is 9.12. The number of phenols is 2. The second-order valence-corrected chi connectivity index (χ2v) is 11.8. The van der Waals surface area contributed by atoms with Crippen LogP contribution in [0.25, 0.3) is 0 Å².